The van der Waals surface area contributed by atoms with Gasteiger partial charge in [-0.3, -0.25) is 13.9 Å². The average Bonchev–Trinajstić information content (AvgIpc) is 2.79. The Morgan fingerprint density at radius 1 is 1.09 bits per heavy atom. The van der Waals surface area contributed by atoms with Crippen molar-refractivity contribution in [1.29, 1.82) is 0 Å². The van der Waals surface area contributed by atoms with E-state index in [4.69, 9.17) is 0 Å². The van der Waals surface area contributed by atoms with Crippen molar-refractivity contribution >= 4 is 21.2 Å². The minimum Gasteiger partial charge on any atom is -0.311 e. The second-order valence-corrected chi connectivity index (χ2v) is 6.43. The summed E-state index contributed by atoms with van der Waals surface area (Å²) in [6.07, 6.45) is -4.75. The zero-order chi connectivity index (χ0) is 17.7. The minimum absolute atomic E-state index is 0.220. The van der Waals surface area contributed by atoms with Gasteiger partial charge in [-0.15, -0.1) is 0 Å². The summed E-state index contributed by atoms with van der Waals surface area (Å²) in [6.45, 7) is -1.78. The number of imidazole rings is 1. The third-order valence-corrected chi connectivity index (χ3v) is 4.51. The molecular weight excluding hydrogens is 343 g/mol. The first-order chi connectivity index (χ1) is 10.4. The van der Waals surface area contributed by atoms with E-state index in [2.05, 4.69) is 4.98 Å². The highest BCUT2D eigenvalue weighted by molar-refractivity contribution is 7.89. The Labute approximate surface area is 127 Å². The monoisotopic (exact) mass is 355 g/mol. The van der Waals surface area contributed by atoms with Crippen LogP contribution < -0.4 is 16.0 Å². The number of fused-ring (bicyclic) bond motifs is 1. The standard InChI is InChI=1S/C10H12F3N5O4S/c1-16-5-6(17(2)9(20)18(3)7(5)19)15-8(16)23(21,22)14-4-10(11,12)13/h14H,4H2,1-3H3. The topological polar surface area (TPSA) is 108 Å². The molecule has 0 aliphatic rings. The molecule has 0 radical (unpaired) electrons. The van der Waals surface area contributed by atoms with Crippen molar-refractivity contribution in [2.75, 3.05) is 6.54 Å². The number of nitrogens with zero attached hydrogens (tertiary/aromatic N) is 4. The van der Waals surface area contributed by atoms with Gasteiger partial charge < -0.3 is 4.57 Å². The summed E-state index contributed by atoms with van der Waals surface area (Å²) in [5, 5.41) is -0.796. The van der Waals surface area contributed by atoms with Crippen LogP contribution in [-0.4, -0.2) is 39.8 Å². The van der Waals surface area contributed by atoms with Crippen molar-refractivity contribution < 1.29 is 21.6 Å². The molecule has 2 rings (SSSR count). The molecule has 128 valence electrons. The van der Waals surface area contributed by atoms with E-state index in [1.54, 1.807) is 0 Å². The number of rotatable bonds is 3. The molecule has 0 amide bonds. The lowest BCUT2D eigenvalue weighted by Gasteiger charge is -2.08. The molecule has 0 aromatic carbocycles. The second kappa shape index (κ2) is 5.19. The number of alkyl halides is 3. The van der Waals surface area contributed by atoms with Crippen LogP contribution in [0.25, 0.3) is 11.2 Å². The Hall–Kier alpha value is -2.15. The van der Waals surface area contributed by atoms with Crippen molar-refractivity contribution in [2.24, 2.45) is 21.1 Å². The van der Waals surface area contributed by atoms with Crippen molar-refractivity contribution in [3.8, 4) is 0 Å². The fraction of sp³-hybridized carbons (Fsp3) is 0.500. The van der Waals surface area contributed by atoms with Gasteiger partial charge in [0, 0.05) is 21.1 Å². The molecule has 0 atom stereocenters. The third kappa shape index (κ3) is 2.88. The zero-order valence-corrected chi connectivity index (χ0v) is 13.0. The Morgan fingerprint density at radius 3 is 2.17 bits per heavy atom. The van der Waals surface area contributed by atoms with Crippen LogP contribution in [0.4, 0.5) is 13.2 Å². The summed E-state index contributed by atoms with van der Waals surface area (Å²) in [5.41, 5.74) is -2.02. The molecule has 2 aromatic heterocycles. The van der Waals surface area contributed by atoms with Gasteiger partial charge in [-0.2, -0.15) is 22.9 Å². The van der Waals surface area contributed by atoms with Gasteiger partial charge in [0.2, 0.25) is 5.16 Å². The molecule has 0 fully saturated rings. The molecule has 0 saturated heterocycles. The third-order valence-electron chi connectivity index (χ3n) is 3.14. The molecule has 0 aliphatic heterocycles. The summed E-state index contributed by atoms with van der Waals surface area (Å²) in [6, 6.07) is 0. The van der Waals surface area contributed by atoms with Crippen LogP contribution in [0.1, 0.15) is 0 Å². The Morgan fingerprint density at radius 2 is 1.65 bits per heavy atom. The van der Waals surface area contributed by atoms with E-state index in [1.807, 2.05) is 0 Å². The van der Waals surface area contributed by atoms with Gasteiger partial charge in [0.1, 0.15) is 6.54 Å². The molecule has 2 aromatic rings. The van der Waals surface area contributed by atoms with E-state index < -0.39 is 39.1 Å². The first-order valence-corrected chi connectivity index (χ1v) is 7.54. The molecule has 23 heavy (non-hydrogen) atoms. The van der Waals surface area contributed by atoms with E-state index >= 15 is 0 Å². The molecule has 0 bridgehead atoms. The predicted molar refractivity (Wildman–Crippen MR) is 72.4 cm³/mol. The van der Waals surface area contributed by atoms with E-state index in [0.29, 0.717) is 0 Å². The number of aromatic nitrogens is 4. The van der Waals surface area contributed by atoms with Gasteiger partial charge in [-0.25, -0.2) is 13.2 Å². The number of halogens is 3. The maximum Gasteiger partial charge on any atom is 0.402 e. The van der Waals surface area contributed by atoms with Crippen molar-refractivity contribution in [3.05, 3.63) is 20.8 Å². The largest absolute Gasteiger partial charge is 0.402 e. The number of aryl methyl sites for hydroxylation is 2. The number of hydrogen-bond donors (Lipinski definition) is 1. The summed E-state index contributed by atoms with van der Waals surface area (Å²) in [7, 11) is -1.02. The van der Waals surface area contributed by atoms with Gasteiger partial charge in [-0.1, -0.05) is 0 Å². The molecule has 0 saturated carbocycles. The lowest BCUT2D eigenvalue weighted by atomic mass is 10.5. The smallest absolute Gasteiger partial charge is 0.311 e. The van der Waals surface area contributed by atoms with Crippen LogP contribution in [0.15, 0.2) is 14.7 Å². The molecule has 0 unspecified atom stereocenters. The first-order valence-electron chi connectivity index (χ1n) is 6.05. The Balaban J connectivity index is 2.72. The summed E-state index contributed by atoms with van der Waals surface area (Å²) < 4.78 is 64.4. The summed E-state index contributed by atoms with van der Waals surface area (Å²) in [4.78, 5) is 27.5. The molecule has 9 nitrogen and oxygen atoms in total. The highest BCUT2D eigenvalue weighted by Gasteiger charge is 2.32. The fourth-order valence-electron chi connectivity index (χ4n) is 1.98. The van der Waals surface area contributed by atoms with Crippen LogP contribution in [0, 0.1) is 0 Å². The van der Waals surface area contributed by atoms with Crippen molar-refractivity contribution in [3.63, 3.8) is 0 Å². The van der Waals surface area contributed by atoms with Crippen LogP contribution in [-0.2, 0) is 31.2 Å². The van der Waals surface area contributed by atoms with Gasteiger partial charge >= 0.3 is 11.9 Å². The van der Waals surface area contributed by atoms with E-state index in [1.165, 1.54) is 18.8 Å². The molecular formula is C10H12F3N5O4S. The van der Waals surface area contributed by atoms with Crippen LogP contribution >= 0.6 is 0 Å². The highest BCUT2D eigenvalue weighted by Crippen LogP contribution is 2.16. The fourth-order valence-corrected chi connectivity index (χ4v) is 3.12. The van der Waals surface area contributed by atoms with Gasteiger partial charge in [0.15, 0.2) is 11.2 Å². The van der Waals surface area contributed by atoms with Crippen molar-refractivity contribution in [1.82, 2.24) is 23.4 Å². The van der Waals surface area contributed by atoms with Crippen molar-refractivity contribution in [2.45, 2.75) is 11.3 Å². The SMILES string of the molecule is Cn1c(=O)c2c(nc(S(=O)(=O)NCC(F)(F)F)n2C)n(C)c1=O. The molecule has 13 heteroatoms. The van der Waals surface area contributed by atoms with Gasteiger partial charge in [-0.05, 0) is 0 Å². The molecule has 0 spiro atoms. The van der Waals surface area contributed by atoms with Crippen LogP contribution in [0.3, 0.4) is 0 Å². The van der Waals surface area contributed by atoms with E-state index in [0.717, 1.165) is 20.7 Å². The maximum atomic E-state index is 12.2. The normalized spacial score (nSPS) is 13.0. The number of hydrogen-bond acceptors (Lipinski definition) is 5. The number of nitrogens with one attached hydrogen (secondary N) is 1. The predicted octanol–water partition coefficient (Wildman–Crippen LogP) is -1.19. The van der Waals surface area contributed by atoms with Crippen LogP contribution in [0.2, 0.25) is 0 Å². The van der Waals surface area contributed by atoms with Gasteiger partial charge in [0.25, 0.3) is 15.6 Å². The summed E-state index contributed by atoms with van der Waals surface area (Å²) >= 11 is 0. The van der Waals surface area contributed by atoms with E-state index in [-0.39, 0.29) is 11.2 Å². The van der Waals surface area contributed by atoms with Crippen LogP contribution in [0.5, 0.6) is 0 Å². The molecule has 1 N–H and O–H groups in total. The minimum atomic E-state index is -4.75. The Kier molecular flexibility index (Phi) is 3.89. The second-order valence-electron chi connectivity index (χ2n) is 4.77. The molecule has 0 aliphatic carbocycles. The van der Waals surface area contributed by atoms with Gasteiger partial charge in [0.05, 0.1) is 0 Å². The summed E-state index contributed by atoms with van der Waals surface area (Å²) in [5.74, 6) is 0. The average molecular weight is 355 g/mol. The zero-order valence-electron chi connectivity index (χ0n) is 12.2. The Bertz CT molecular complexity index is 999. The lowest BCUT2D eigenvalue weighted by molar-refractivity contribution is -0.121. The van der Waals surface area contributed by atoms with E-state index in [9.17, 15) is 31.2 Å². The quantitative estimate of drug-likeness (QED) is 0.745. The molecule has 2 heterocycles. The maximum absolute atomic E-state index is 12.2. The lowest BCUT2D eigenvalue weighted by Crippen LogP contribution is -2.37. The number of sulfonamides is 1. The highest BCUT2D eigenvalue weighted by atomic mass is 32.2. The first kappa shape index (κ1) is 17.2.